The molecular formula is C17H25NO3. The van der Waals surface area contributed by atoms with Crippen molar-refractivity contribution in [2.45, 2.75) is 43.7 Å². The number of hydrogen-bond donors (Lipinski definition) is 1. The van der Waals surface area contributed by atoms with Gasteiger partial charge in [0.2, 0.25) is 0 Å². The molecule has 1 N–H and O–H groups in total. The number of aliphatic hydroxyl groups is 1. The predicted octanol–water partition coefficient (Wildman–Crippen LogP) is 2.76. The topological polar surface area (TPSA) is 41.9 Å². The van der Waals surface area contributed by atoms with Gasteiger partial charge in [0.15, 0.2) is 11.5 Å². The minimum Gasteiger partial charge on any atom is -0.490 e. The van der Waals surface area contributed by atoms with Crippen LogP contribution in [0.3, 0.4) is 0 Å². The van der Waals surface area contributed by atoms with Gasteiger partial charge in [-0.3, -0.25) is 0 Å². The normalized spacial score (nSPS) is 22.1. The van der Waals surface area contributed by atoms with Crippen LogP contribution in [-0.4, -0.2) is 42.9 Å². The van der Waals surface area contributed by atoms with Crippen LogP contribution >= 0.6 is 0 Å². The van der Waals surface area contributed by atoms with Crippen molar-refractivity contribution in [2.24, 2.45) is 0 Å². The molecule has 1 fully saturated rings. The van der Waals surface area contributed by atoms with Crippen molar-refractivity contribution in [1.29, 1.82) is 0 Å². The Kier molecular flexibility index (Phi) is 4.09. The van der Waals surface area contributed by atoms with E-state index in [1.54, 1.807) is 0 Å². The van der Waals surface area contributed by atoms with Gasteiger partial charge in [-0.1, -0.05) is 18.9 Å². The molecule has 3 rings (SSSR count). The third kappa shape index (κ3) is 2.62. The number of fused-ring (bicyclic) bond motifs is 1. The van der Waals surface area contributed by atoms with Crippen LogP contribution in [0.2, 0.25) is 0 Å². The largest absolute Gasteiger partial charge is 0.490 e. The SMILES string of the molecule is CN(C)C1(C(O)c2ccc3c(c2)OCCCO3)CCCC1. The highest BCUT2D eigenvalue weighted by Gasteiger charge is 2.43. The highest BCUT2D eigenvalue weighted by atomic mass is 16.5. The summed E-state index contributed by atoms with van der Waals surface area (Å²) in [6.07, 6.45) is 4.84. The Morgan fingerprint density at radius 3 is 2.38 bits per heavy atom. The van der Waals surface area contributed by atoms with Gasteiger partial charge in [0.25, 0.3) is 0 Å². The maximum absolute atomic E-state index is 11.0. The molecular weight excluding hydrogens is 266 g/mol. The minimum absolute atomic E-state index is 0.153. The van der Waals surface area contributed by atoms with Gasteiger partial charge in [-0.15, -0.1) is 0 Å². The van der Waals surface area contributed by atoms with E-state index >= 15 is 0 Å². The Morgan fingerprint density at radius 2 is 1.71 bits per heavy atom. The molecule has 1 saturated carbocycles. The molecule has 116 valence electrons. The van der Waals surface area contributed by atoms with Crippen molar-refractivity contribution in [1.82, 2.24) is 4.90 Å². The first-order chi connectivity index (χ1) is 10.1. The quantitative estimate of drug-likeness (QED) is 0.930. The second-order valence-electron chi connectivity index (χ2n) is 6.36. The summed E-state index contributed by atoms with van der Waals surface area (Å²) in [6, 6.07) is 5.86. The molecule has 0 amide bonds. The molecule has 1 aliphatic heterocycles. The lowest BCUT2D eigenvalue weighted by molar-refractivity contribution is -0.00487. The van der Waals surface area contributed by atoms with Gasteiger partial charge in [0.1, 0.15) is 0 Å². The third-order valence-electron chi connectivity index (χ3n) is 4.96. The molecule has 1 aliphatic carbocycles. The summed E-state index contributed by atoms with van der Waals surface area (Å²) in [4.78, 5) is 2.19. The molecule has 4 heteroatoms. The standard InChI is InChI=1S/C17H25NO3/c1-18(2)17(8-3-4-9-17)16(19)13-6-7-14-15(12-13)21-11-5-10-20-14/h6-7,12,16,19H,3-5,8-11H2,1-2H3. The number of nitrogens with zero attached hydrogens (tertiary/aromatic N) is 1. The summed E-state index contributed by atoms with van der Waals surface area (Å²) in [6.45, 7) is 1.36. The predicted molar refractivity (Wildman–Crippen MR) is 81.9 cm³/mol. The molecule has 1 unspecified atom stereocenters. The summed E-state index contributed by atoms with van der Waals surface area (Å²) in [5.74, 6) is 1.55. The average molecular weight is 291 g/mol. The summed E-state index contributed by atoms with van der Waals surface area (Å²) < 4.78 is 11.4. The maximum Gasteiger partial charge on any atom is 0.161 e. The van der Waals surface area contributed by atoms with E-state index in [2.05, 4.69) is 19.0 Å². The van der Waals surface area contributed by atoms with E-state index in [1.165, 1.54) is 12.8 Å². The lowest BCUT2D eigenvalue weighted by Crippen LogP contribution is -2.47. The molecule has 0 radical (unpaired) electrons. The van der Waals surface area contributed by atoms with Crippen molar-refractivity contribution in [3.63, 3.8) is 0 Å². The number of likely N-dealkylation sites (N-methyl/N-ethyl adjacent to an activating group) is 1. The van der Waals surface area contributed by atoms with Gasteiger partial charge in [0, 0.05) is 6.42 Å². The van der Waals surface area contributed by atoms with Crippen molar-refractivity contribution in [2.75, 3.05) is 27.3 Å². The monoisotopic (exact) mass is 291 g/mol. The minimum atomic E-state index is -0.493. The van der Waals surface area contributed by atoms with E-state index in [4.69, 9.17) is 9.47 Å². The fraction of sp³-hybridized carbons (Fsp3) is 0.647. The van der Waals surface area contributed by atoms with Gasteiger partial charge >= 0.3 is 0 Å². The van der Waals surface area contributed by atoms with Crippen molar-refractivity contribution in [3.05, 3.63) is 23.8 Å². The first-order valence-electron chi connectivity index (χ1n) is 7.88. The van der Waals surface area contributed by atoms with Crippen LogP contribution in [0, 0.1) is 0 Å². The molecule has 4 nitrogen and oxygen atoms in total. The van der Waals surface area contributed by atoms with E-state index in [-0.39, 0.29) is 5.54 Å². The Morgan fingerprint density at radius 1 is 1.05 bits per heavy atom. The lowest BCUT2D eigenvalue weighted by atomic mass is 9.84. The lowest BCUT2D eigenvalue weighted by Gasteiger charge is -2.40. The number of ether oxygens (including phenoxy) is 2. The van der Waals surface area contributed by atoms with Crippen LogP contribution in [0.15, 0.2) is 18.2 Å². The molecule has 1 aromatic carbocycles. The van der Waals surface area contributed by atoms with Crippen molar-refractivity contribution < 1.29 is 14.6 Å². The second kappa shape index (κ2) is 5.85. The van der Waals surface area contributed by atoms with Gasteiger partial charge in [-0.2, -0.15) is 0 Å². The average Bonchev–Trinajstić information content (AvgIpc) is 2.87. The maximum atomic E-state index is 11.0. The first-order valence-corrected chi connectivity index (χ1v) is 7.88. The molecule has 0 bridgehead atoms. The van der Waals surface area contributed by atoms with Gasteiger partial charge < -0.3 is 19.5 Å². The zero-order valence-electron chi connectivity index (χ0n) is 13.0. The van der Waals surface area contributed by atoms with Gasteiger partial charge in [-0.05, 0) is 44.6 Å². The van der Waals surface area contributed by atoms with Gasteiger partial charge in [0.05, 0.1) is 24.9 Å². The van der Waals surface area contributed by atoms with Crippen LogP contribution in [0.1, 0.15) is 43.8 Å². The van der Waals surface area contributed by atoms with E-state index in [0.29, 0.717) is 13.2 Å². The number of benzene rings is 1. The van der Waals surface area contributed by atoms with Crippen LogP contribution in [0.5, 0.6) is 11.5 Å². The fourth-order valence-corrected chi connectivity index (χ4v) is 3.61. The third-order valence-corrected chi connectivity index (χ3v) is 4.96. The molecule has 0 saturated heterocycles. The van der Waals surface area contributed by atoms with Crippen LogP contribution < -0.4 is 9.47 Å². The van der Waals surface area contributed by atoms with Crippen LogP contribution in [-0.2, 0) is 0 Å². The highest BCUT2D eigenvalue weighted by molar-refractivity contribution is 5.44. The first kappa shape index (κ1) is 14.7. The second-order valence-corrected chi connectivity index (χ2v) is 6.36. The summed E-state index contributed by atoms with van der Waals surface area (Å²) >= 11 is 0. The summed E-state index contributed by atoms with van der Waals surface area (Å²) in [5.41, 5.74) is 0.773. The molecule has 21 heavy (non-hydrogen) atoms. The Bertz CT molecular complexity index is 495. The molecule has 1 atom stereocenters. The molecule has 1 heterocycles. The van der Waals surface area contributed by atoms with Crippen molar-refractivity contribution >= 4 is 0 Å². The Labute approximate surface area is 126 Å². The number of aliphatic hydroxyl groups excluding tert-OH is 1. The molecule has 0 spiro atoms. The molecule has 1 aromatic rings. The fourth-order valence-electron chi connectivity index (χ4n) is 3.61. The zero-order valence-corrected chi connectivity index (χ0v) is 13.0. The van der Waals surface area contributed by atoms with Crippen LogP contribution in [0.4, 0.5) is 0 Å². The van der Waals surface area contributed by atoms with E-state index in [9.17, 15) is 5.11 Å². The van der Waals surface area contributed by atoms with Gasteiger partial charge in [-0.25, -0.2) is 0 Å². The summed E-state index contributed by atoms with van der Waals surface area (Å²) in [5, 5.41) is 11.0. The Balaban J connectivity index is 1.90. The smallest absolute Gasteiger partial charge is 0.161 e. The van der Waals surface area contributed by atoms with E-state index in [1.807, 2.05) is 18.2 Å². The Hall–Kier alpha value is -1.26. The van der Waals surface area contributed by atoms with Crippen LogP contribution in [0.25, 0.3) is 0 Å². The summed E-state index contributed by atoms with van der Waals surface area (Å²) in [7, 11) is 4.13. The molecule has 0 aromatic heterocycles. The van der Waals surface area contributed by atoms with Crippen molar-refractivity contribution in [3.8, 4) is 11.5 Å². The molecule has 2 aliphatic rings. The number of hydrogen-bond acceptors (Lipinski definition) is 4. The zero-order chi connectivity index (χ0) is 14.9. The van der Waals surface area contributed by atoms with E-state index < -0.39 is 6.10 Å². The highest BCUT2D eigenvalue weighted by Crippen LogP contribution is 2.44. The van der Waals surface area contributed by atoms with E-state index in [0.717, 1.165) is 36.3 Å². The number of rotatable bonds is 3.